The Bertz CT molecular complexity index is 1100. The predicted octanol–water partition coefficient (Wildman–Crippen LogP) is 2.92. The minimum absolute atomic E-state index is 0.0556. The molecule has 0 saturated carbocycles. The number of halogens is 1. The topological polar surface area (TPSA) is 98.2 Å². The van der Waals surface area contributed by atoms with E-state index in [-0.39, 0.29) is 12.3 Å². The first-order valence-electron chi connectivity index (χ1n) is 7.78. The monoisotopic (exact) mass is 368 g/mol. The second kappa shape index (κ2) is 6.57. The van der Waals surface area contributed by atoms with E-state index in [1.54, 1.807) is 47.9 Å². The maximum atomic E-state index is 12.3. The van der Waals surface area contributed by atoms with Crippen molar-refractivity contribution in [1.29, 1.82) is 0 Å². The van der Waals surface area contributed by atoms with Gasteiger partial charge in [-0.3, -0.25) is 9.20 Å². The number of rotatable bonds is 4. The number of aryl methyl sites for hydroxylation is 1. The minimum atomic E-state index is -0.222. The summed E-state index contributed by atoms with van der Waals surface area (Å²) in [6, 6.07) is 10.5. The van der Waals surface area contributed by atoms with Gasteiger partial charge in [0.2, 0.25) is 5.91 Å². The zero-order valence-corrected chi connectivity index (χ0v) is 14.4. The molecule has 9 heteroatoms. The van der Waals surface area contributed by atoms with Gasteiger partial charge < -0.3 is 9.84 Å². The maximum Gasteiger partial charge on any atom is 0.259 e. The van der Waals surface area contributed by atoms with E-state index in [4.69, 9.17) is 16.1 Å². The van der Waals surface area contributed by atoms with Crippen LogP contribution in [-0.2, 0) is 11.2 Å². The Hall–Kier alpha value is -3.26. The summed E-state index contributed by atoms with van der Waals surface area (Å²) in [4.78, 5) is 16.5. The van der Waals surface area contributed by atoms with Crippen LogP contribution in [0.3, 0.4) is 0 Å². The number of fused-ring (bicyclic) bond motifs is 1. The molecule has 1 amide bonds. The molecule has 0 aliphatic heterocycles. The zero-order valence-electron chi connectivity index (χ0n) is 13.7. The number of hydrogen-bond donors (Lipinski definition) is 1. The van der Waals surface area contributed by atoms with Gasteiger partial charge in [-0.2, -0.15) is 4.98 Å². The van der Waals surface area contributed by atoms with E-state index in [1.165, 1.54) is 0 Å². The predicted molar refractivity (Wildman–Crippen MR) is 94.8 cm³/mol. The van der Waals surface area contributed by atoms with Gasteiger partial charge in [0.05, 0.1) is 12.0 Å². The molecule has 4 aromatic rings. The number of pyridine rings is 1. The lowest BCUT2D eigenvalue weighted by Gasteiger charge is -2.05. The summed E-state index contributed by atoms with van der Waals surface area (Å²) in [6.45, 7) is 1.75. The molecule has 1 N–H and O–H groups in total. The molecule has 4 rings (SSSR count). The molecule has 0 aliphatic rings. The molecule has 1 aromatic carbocycles. The fourth-order valence-corrected chi connectivity index (χ4v) is 2.70. The lowest BCUT2D eigenvalue weighted by atomic mass is 10.2. The summed E-state index contributed by atoms with van der Waals surface area (Å²) < 4.78 is 6.91. The Kier molecular flexibility index (Phi) is 4.10. The molecular formula is C17H13ClN6O2. The minimum Gasteiger partial charge on any atom is -0.334 e. The number of nitrogens with one attached hydrogen (secondary N) is 1. The van der Waals surface area contributed by atoms with E-state index in [2.05, 4.69) is 25.7 Å². The summed E-state index contributed by atoms with van der Waals surface area (Å²) in [6.07, 6.45) is 1.82. The van der Waals surface area contributed by atoms with Crippen LogP contribution in [0.25, 0.3) is 17.1 Å². The van der Waals surface area contributed by atoms with E-state index in [0.717, 1.165) is 5.56 Å². The van der Waals surface area contributed by atoms with Gasteiger partial charge >= 0.3 is 0 Å². The van der Waals surface area contributed by atoms with Crippen molar-refractivity contribution in [2.24, 2.45) is 0 Å². The fraction of sp³-hybridized carbons (Fsp3) is 0.118. The molecule has 0 fully saturated rings. The van der Waals surface area contributed by atoms with Crippen LogP contribution in [0.4, 0.5) is 5.69 Å². The standard InChI is InChI=1S/C17H13ClN6O2/c1-10-19-17(26-23-10)11-5-6-14-21-22-15(24(14)9-11)8-16(25)20-13-4-2-3-12(18)7-13/h2-7,9H,8H2,1H3,(H,20,25). The van der Waals surface area contributed by atoms with Crippen LogP contribution >= 0.6 is 11.6 Å². The summed E-state index contributed by atoms with van der Waals surface area (Å²) in [7, 11) is 0. The van der Waals surface area contributed by atoms with Crippen molar-refractivity contribution in [1.82, 2.24) is 24.7 Å². The molecule has 0 aliphatic carbocycles. The van der Waals surface area contributed by atoms with Gasteiger partial charge in [0.1, 0.15) is 5.82 Å². The van der Waals surface area contributed by atoms with E-state index in [1.807, 2.05) is 6.07 Å². The molecular weight excluding hydrogens is 356 g/mol. The number of carbonyl (C=O) groups excluding carboxylic acids is 1. The molecule has 130 valence electrons. The molecule has 26 heavy (non-hydrogen) atoms. The zero-order chi connectivity index (χ0) is 18.1. The third kappa shape index (κ3) is 3.27. The number of aromatic nitrogens is 5. The van der Waals surface area contributed by atoms with Crippen molar-refractivity contribution in [3.05, 3.63) is 59.3 Å². The smallest absolute Gasteiger partial charge is 0.259 e. The molecule has 0 unspecified atom stereocenters. The molecule has 0 saturated heterocycles. The molecule has 8 nitrogen and oxygen atoms in total. The van der Waals surface area contributed by atoms with Gasteiger partial charge in [-0.05, 0) is 37.3 Å². The third-order valence-electron chi connectivity index (χ3n) is 3.67. The van der Waals surface area contributed by atoms with Gasteiger partial charge in [-0.25, -0.2) is 0 Å². The van der Waals surface area contributed by atoms with Crippen LogP contribution < -0.4 is 5.32 Å². The second-order valence-corrected chi connectivity index (χ2v) is 6.08. The summed E-state index contributed by atoms with van der Waals surface area (Å²) >= 11 is 5.93. The largest absolute Gasteiger partial charge is 0.334 e. The Balaban J connectivity index is 1.59. The van der Waals surface area contributed by atoms with Crippen molar-refractivity contribution in [2.45, 2.75) is 13.3 Å². The van der Waals surface area contributed by atoms with Crippen LogP contribution in [0.15, 0.2) is 47.1 Å². The summed E-state index contributed by atoms with van der Waals surface area (Å²) in [5.41, 5.74) is 1.96. The highest BCUT2D eigenvalue weighted by atomic mass is 35.5. The summed E-state index contributed by atoms with van der Waals surface area (Å²) in [5.74, 6) is 1.22. The number of benzene rings is 1. The highest BCUT2D eigenvalue weighted by Gasteiger charge is 2.14. The van der Waals surface area contributed by atoms with Gasteiger partial charge in [-0.1, -0.05) is 22.8 Å². The fourth-order valence-electron chi connectivity index (χ4n) is 2.51. The highest BCUT2D eigenvalue weighted by Crippen LogP contribution is 2.19. The molecule has 3 heterocycles. The number of hydrogen-bond acceptors (Lipinski definition) is 6. The Labute approximate surface area is 152 Å². The lowest BCUT2D eigenvalue weighted by Crippen LogP contribution is -2.16. The average molecular weight is 369 g/mol. The molecule has 0 spiro atoms. The molecule has 0 bridgehead atoms. The number of anilines is 1. The first kappa shape index (κ1) is 16.2. The van der Waals surface area contributed by atoms with Gasteiger partial charge in [0, 0.05) is 16.9 Å². The first-order chi connectivity index (χ1) is 12.6. The van der Waals surface area contributed by atoms with Gasteiger partial charge in [0.15, 0.2) is 11.5 Å². The number of carbonyl (C=O) groups is 1. The molecule has 0 radical (unpaired) electrons. The number of nitrogens with zero attached hydrogens (tertiary/aromatic N) is 5. The van der Waals surface area contributed by atoms with Crippen LogP contribution in [-0.4, -0.2) is 30.6 Å². The SMILES string of the molecule is Cc1noc(-c2ccc3nnc(CC(=O)Nc4cccc(Cl)c4)n3c2)n1. The highest BCUT2D eigenvalue weighted by molar-refractivity contribution is 6.30. The molecule has 3 aromatic heterocycles. The average Bonchev–Trinajstić information content (AvgIpc) is 3.21. The third-order valence-corrected chi connectivity index (χ3v) is 3.91. The number of amides is 1. The Morgan fingerprint density at radius 2 is 2.15 bits per heavy atom. The summed E-state index contributed by atoms with van der Waals surface area (Å²) in [5, 5.41) is 15.3. The van der Waals surface area contributed by atoms with E-state index < -0.39 is 0 Å². The van der Waals surface area contributed by atoms with Crippen molar-refractivity contribution >= 4 is 28.8 Å². The van der Waals surface area contributed by atoms with E-state index in [9.17, 15) is 4.79 Å². The van der Waals surface area contributed by atoms with Crippen LogP contribution in [0.5, 0.6) is 0 Å². The molecule has 0 atom stereocenters. The van der Waals surface area contributed by atoms with Crippen LogP contribution in [0.1, 0.15) is 11.6 Å². The van der Waals surface area contributed by atoms with Gasteiger partial charge in [0.25, 0.3) is 5.89 Å². The van der Waals surface area contributed by atoms with Crippen molar-refractivity contribution < 1.29 is 9.32 Å². The Morgan fingerprint density at radius 1 is 1.27 bits per heavy atom. The van der Waals surface area contributed by atoms with Gasteiger partial charge in [-0.15, -0.1) is 10.2 Å². The quantitative estimate of drug-likeness (QED) is 0.594. The first-order valence-corrected chi connectivity index (χ1v) is 8.16. The van der Waals surface area contributed by atoms with Crippen molar-refractivity contribution in [2.75, 3.05) is 5.32 Å². The van der Waals surface area contributed by atoms with Crippen LogP contribution in [0, 0.1) is 6.92 Å². The van der Waals surface area contributed by atoms with Crippen molar-refractivity contribution in [3.63, 3.8) is 0 Å². The maximum absolute atomic E-state index is 12.3. The normalized spacial score (nSPS) is 11.0. The lowest BCUT2D eigenvalue weighted by molar-refractivity contribution is -0.115. The Morgan fingerprint density at radius 3 is 2.92 bits per heavy atom. The van der Waals surface area contributed by atoms with Crippen LogP contribution in [0.2, 0.25) is 5.02 Å². The van der Waals surface area contributed by atoms with E-state index >= 15 is 0 Å². The van der Waals surface area contributed by atoms with Crippen molar-refractivity contribution in [3.8, 4) is 11.5 Å². The second-order valence-electron chi connectivity index (χ2n) is 5.64. The van der Waals surface area contributed by atoms with E-state index in [0.29, 0.717) is 33.9 Å².